The van der Waals surface area contributed by atoms with E-state index in [1.165, 1.54) is 4.90 Å². The van der Waals surface area contributed by atoms with Crippen LogP contribution in [-0.2, 0) is 9.59 Å². The maximum Gasteiger partial charge on any atom is 0.247 e. The van der Waals surface area contributed by atoms with Crippen molar-refractivity contribution in [3.05, 3.63) is 54.5 Å². The van der Waals surface area contributed by atoms with Crippen LogP contribution in [0.5, 0.6) is 0 Å². The van der Waals surface area contributed by atoms with Crippen LogP contribution in [0.2, 0.25) is 0 Å². The van der Waals surface area contributed by atoms with Crippen molar-refractivity contribution in [2.24, 2.45) is 5.41 Å². The molecule has 0 radical (unpaired) electrons. The molecule has 0 saturated heterocycles. The van der Waals surface area contributed by atoms with Crippen molar-refractivity contribution < 1.29 is 19.8 Å². The quantitative estimate of drug-likeness (QED) is 0.420. The smallest absolute Gasteiger partial charge is 0.247 e. The van der Waals surface area contributed by atoms with E-state index in [0.29, 0.717) is 18.5 Å². The Morgan fingerprint density at radius 2 is 1.86 bits per heavy atom. The molecule has 2 amide bonds. The molecule has 0 saturated carbocycles. The second-order valence-electron chi connectivity index (χ2n) is 11.0. The predicted octanol–water partition coefficient (Wildman–Crippen LogP) is 2.80. The van der Waals surface area contributed by atoms with Crippen LogP contribution in [-0.4, -0.2) is 74.7 Å². The highest BCUT2D eigenvalue weighted by Gasteiger charge is 2.36. The third-order valence-electron chi connectivity index (χ3n) is 5.67. The molecule has 8 heteroatoms. The van der Waals surface area contributed by atoms with E-state index in [2.05, 4.69) is 42.0 Å². The molecule has 1 aliphatic rings. The van der Waals surface area contributed by atoms with Crippen LogP contribution in [0.3, 0.4) is 0 Å². The summed E-state index contributed by atoms with van der Waals surface area (Å²) in [6.45, 7) is 11.1. The lowest BCUT2D eigenvalue weighted by molar-refractivity contribution is -0.143. The van der Waals surface area contributed by atoms with Crippen molar-refractivity contribution >= 4 is 11.8 Å². The molecule has 1 aromatic heterocycles. The molecule has 0 spiro atoms. The minimum atomic E-state index is -1.16. The van der Waals surface area contributed by atoms with Gasteiger partial charge in [-0.15, -0.1) is 0 Å². The summed E-state index contributed by atoms with van der Waals surface area (Å²) in [6, 6.07) is 2.46. The van der Waals surface area contributed by atoms with Crippen LogP contribution >= 0.6 is 0 Å². The van der Waals surface area contributed by atoms with Gasteiger partial charge < -0.3 is 25.3 Å². The molecule has 35 heavy (non-hydrogen) atoms. The summed E-state index contributed by atoms with van der Waals surface area (Å²) < 4.78 is 0. The van der Waals surface area contributed by atoms with Gasteiger partial charge in [-0.25, -0.2) is 0 Å². The number of amides is 2. The number of carbonyl (C=O) groups is 2. The fraction of sp³-hybridized carbons (Fsp3) is 0.593. The first kappa shape index (κ1) is 28.5. The number of nitrogens with zero attached hydrogens (tertiary/aromatic N) is 3. The zero-order valence-corrected chi connectivity index (χ0v) is 21.8. The van der Waals surface area contributed by atoms with E-state index in [-0.39, 0.29) is 30.2 Å². The highest BCUT2D eigenvalue weighted by atomic mass is 16.3. The monoisotopic (exact) mass is 486 g/mol. The summed E-state index contributed by atoms with van der Waals surface area (Å²) in [6.07, 6.45) is 11.5. The van der Waals surface area contributed by atoms with Gasteiger partial charge in [0, 0.05) is 44.0 Å². The van der Waals surface area contributed by atoms with Gasteiger partial charge >= 0.3 is 0 Å². The van der Waals surface area contributed by atoms with Crippen molar-refractivity contribution in [2.45, 2.75) is 71.6 Å². The number of aliphatic hydroxyl groups is 2. The van der Waals surface area contributed by atoms with Crippen molar-refractivity contribution in [1.82, 2.24) is 20.1 Å². The molecule has 2 atom stereocenters. The highest BCUT2D eigenvalue weighted by Crippen LogP contribution is 2.29. The first-order chi connectivity index (χ1) is 16.4. The lowest BCUT2D eigenvalue weighted by atomic mass is 9.81. The average molecular weight is 487 g/mol. The van der Waals surface area contributed by atoms with E-state index >= 15 is 0 Å². The largest absolute Gasteiger partial charge is 0.394 e. The third-order valence-corrected chi connectivity index (χ3v) is 5.67. The summed E-state index contributed by atoms with van der Waals surface area (Å²) >= 11 is 0. The maximum absolute atomic E-state index is 13.7. The molecule has 0 bridgehead atoms. The zero-order chi connectivity index (χ0) is 26.1. The molecule has 2 unspecified atom stereocenters. The maximum atomic E-state index is 13.7. The van der Waals surface area contributed by atoms with Crippen molar-refractivity contribution in [3.8, 4) is 0 Å². The van der Waals surface area contributed by atoms with Gasteiger partial charge in [0.25, 0.3) is 0 Å². The van der Waals surface area contributed by atoms with E-state index in [1.54, 1.807) is 24.5 Å². The number of pyridine rings is 1. The normalized spacial score (nSPS) is 15.6. The van der Waals surface area contributed by atoms with Crippen molar-refractivity contribution in [3.63, 3.8) is 0 Å². The Hall–Kier alpha value is -2.71. The third kappa shape index (κ3) is 9.82. The van der Waals surface area contributed by atoms with E-state index in [9.17, 15) is 19.8 Å². The average Bonchev–Trinajstić information content (AvgIpc) is 2.77. The molecule has 0 aromatic carbocycles. The molecule has 194 valence electrons. The number of aromatic nitrogens is 1. The van der Waals surface area contributed by atoms with Gasteiger partial charge in [-0.3, -0.25) is 14.6 Å². The second-order valence-corrected chi connectivity index (χ2v) is 11.0. The summed E-state index contributed by atoms with van der Waals surface area (Å²) in [7, 11) is 0. The molecule has 1 aromatic rings. The van der Waals surface area contributed by atoms with Crippen molar-refractivity contribution in [2.75, 3.05) is 26.2 Å². The second kappa shape index (κ2) is 12.8. The fourth-order valence-electron chi connectivity index (χ4n) is 4.68. The molecule has 0 aliphatic carbocycles. The van der Waals surface area contributed by atoms with E-state index in [4.69, 9.17) is 0 Å². The lowest BCUT2D eigenvalue weighted by Gasteiger charge is -2.38. The fourth-order valence-corrected chi connectivity index (χ4v) is 4.68. The summed E-state index contributed by atoms with van der Waals surface area (Å²) in [5.41, 5.74) is 0.0782. The molecule has 3 N–H and O–H groups in total. The van der Waals surface area contributed by atoms with Gasteiger partial charge in [0.1, 0.15) is 6.04 Å². The van der Waals surface area contributed by atoms with E-state index in [1.807, 2.05) is 32.2 Å². The van der Waals surface area contributed by atoms with Crippen LogP contribution in [0.15, 0.2) is 49.0 Å². The number of nitrogens with one attached hydrogen (secondary N) is 1. The summed E-state index contributed by atoms with van der Waals surface area (Å²) in [5, 5.41) is 22.9. The van der Waals surface area contributed by atoms with Crippen LogP contribution in [0, 0.1) is 5.41 Å². The first-order valence-corrected chi connectivity index (χ1v) is 12.3. The van der Waals surface area contributed by atoms with E-state index in [0.717, 1.165) is 13.0 Å². The molecule has 0 fully saturated rings. The Labute approximate surface area is 209 Å². The molecule has 2 rings (SSSR count). The minimum absolute atomic E-state index is 0.0103. The Balaban J connectivity index is 2.27. The lowest BCUT2D eigenvalue weighted by Crippen LogP contribution is -2.53. The van der Waals surface area contributed by atoms with Crippen LogP contribution in [0.1, 0.15) is 65.5 Å². The van der Waals surface area contributed by atoms with E-state index < -0.39 is 24.3 Å². The zero-order valence-electron chi connectivity index (χ0n) is 21.8. The predicted molar refractivity (Wildman–Crippen MR) is 137 cm³/mol. The Bertz CT molecular complexity index is 877. The first-order valence-electron chi connectivity index (χ1n) is 12.3. The Morgan fingerprint density at radius 1 is 1.17 bits per heavy atom. The summed E-state index contributed by atoms with van der Waals surface area (Å²) in [4.78, 5) is 34.7. The Morgan fingerprint density at radius 3 is 2.43 bits per heavy atom. The molecule has 2 heterocycles. The Kier molecular flexibility index (Phi) is 10.5. The highest BCUT2D eigenvalue weighted by molar-refractivity contribution is 5.89. The van der Waals surface area contributed by atoms with Gasteiger partial charge in [0.2, 0.25) is 11.8 Å². The van der Waals surface area contributed by atoms with Gasteiger partial charge in [-0.1, -0.05) is 32.9 Å². The topological polar surface area (TPSA) is 106 Å². The van der Waals surface area contributed by atoms with Crippen LogP contribution in [0.4, 0.5) is 0 Å². The number of rotatable bonds is 12. The van der Waals surface area contributed by atoms with Gasteiger partial charge in [-0.05, 0) is 62.1 Å². The molecular formula is C27H42N4O4. The van der Waals surface area contributed by atoms with Crippen LogP contribution in [0.25, 0.3) is 0 Å². The number of aliphatic hydroxyl groups excluding tert-OH is 2. The SMILES string of the molecule is CC(C)(C)CC(C)(C)NC(=O)C(c1ccncc1)N(CC(O)CO)C(=O)CCCN1C=CC=CC1. The molecular weight excluding hydrogens is 444 g/mol. The molecule has 8 nitrogen and oxygen atoms in total. The minimum Gasteiger partial charge on any atom is -0.394 e. The van der Waals surface area contributed by atoms with Gasteiger partial charge in [0.15, 0.2) is 0 Å². The summed E-state index contributed by atoms with van der Waals surface area (Å²) in [5.74, 6) is -0.576. The number of allylic oxidation sites excluding steroid dienone is 2. The van der Waals surface area contributed by atoms with Crippen molar-refractivity contribution in [1.29, 1.82) is 0 Å². The van der Waals surface area contributed by atoms with Gasteiger partial charge in [-0.2, -0.15) is 0 Å². The standard InChI is InChI=1S/C27H42N4O4/c1-26(2,3)20-27(4,5)29-25(35)24(21-11-13-28-14-12-21)31(18-22(33)19-32)23(34)10-9-17-30-15-7-6-8-16-30/h6-8,11-15,22,24,32-33H,9-10,16-20H2,1-5H3,(H,29,35). The van der Waals surface area contributed by atoms with Crippen LogP contribution < -0.4 is 5.32 Å². The number of hydrogen-bond acceptors (Lipinski definition) is 6. The number of carbonyl (C=O) groups excluding carboxylic acids is 2. The molecule has 1 aliphatic heterocycles. The van der Waals surface area contributed by atoms with Gasteiger partial charge in [0.05, 0.1) is 12.7 Å². The number of hydrogen-bond donors (Lipinski definition) is 3.